The number of carboxylic acid groups (broad SMARTS) is 1. The summed E-state index contributed by atoms with van der Waals surface area (Å²) in [7, 11) is 0. The first kappa shape index (κ1) is 22.4. The van der Waals surface area contributed by atoms with Crippen molar-refractivity contribution >= 4 is 22.6 Å². The molecule has 5 N–H and O–H groups in total. The van der Waals surface area contributed by atoms with Gasteiger partial charge in [0.15, 0.2) is 0 Å². The monoisotopic (exact) mass is 444 g/mol. The molecule has 3 aromatic carbocycles. The molecule has 170 valence electrons. The van der Waals surface area contributed by atoms with Gasteiger partial charge in [-0.2, -0.15) is 5.10 Å². The van der Waals surface area contributed by atoms with Gasteiger partial charge >= 0.3 is 5.97 Å². The van der Waals surface area contributed by atoms with Crippen LogP contribution in [0.15, 0.2) is 60.7 Å². The van der Waals surface area contributed by atoms with Gasteiger partial charge in [0.1, 0.15) is 18.1 Å². The van der Waals surface area contributed by atoms with E-state index in [1.165, 1.54) is 0 Å². The van der Waals surface area contributed by atoms with E-state index in [9.17, 15) is 9.90 Å². The Bertz CT molecular complexity index is 1310. The van der Waals surface area contributed by atoms with Gasteiger partial charge in [-0.3, -0.25) is 9.48 Å². The number of aromatic nitrogens is 2. The Labute approximate surface area is 192 Å². The van der Waals surface area contributed by atoms with Gasteiger partial charge in [0.2, 0.25) is 0 Å². The summed E-state index contributed by atoms with van der Waals surface area (Å²) in [6, 6.07) is 19.4. The number of nitrogens with zero attached hydrogens (tertiary/aromatic N) is 2. The van der Waals surface area contributed by atoms with E-state index in [4.69, 9.17) is 21.3 Å². The topological polar surface area (TPSA) is 116 Å². The predicted octanol–water partition coefficient (Wildman–Crippen LogP) is 4.53. The maximum atomic E-state index is 11.2. The van der Waals surface area contributed by atoms with Gasteiger partial charge in [-0.15, -0.1) is 0 Å². The highest BCUT2D eigenvalue weighted by atomic mass is 16.5. The number of carbonyl (C=O) groups is 1. The minimum absolute atomic E-state index is 0.0989. The number of hydrogen-bond acceptors (Lipinski definition) is 5. The Morgan fingerprint density at radius 2 is 1.85 bits per heavy atom. The Hall–Kier alpha value is -3.84. The molecule has 0 unspecified atom stereocenters. The molecule has 0 saturated heterocycles. The molecule has 0 spiro atoms. The highest BCUT2D eigenvalue weighted by Gasteiger charge is 2.16. The fraction of sp³-hybridized carbons (Fsp3) is 0.231. The number of carboxylic acids is 1. The van der Waals surface area contributed by atoms with Crippen molar-refractivity contribution in [2.24, 2.45) is 5.73 Å². The molecule has 0 radical (unpaired) electrons. The van der Waals surface area contributed by atoms with Crippen molar-refractivity contribution in [1.82, 2.24) is 9.78 Å². The molecule has 0 aliphatic heterocycles. The summed E-state index contributed by atoms with van der Waals surface area (Å²) >= 11 is 0. The number of ether oxygens (including phenoxy) is 1. The predicted molar refractivity (Wildman–Crippen MR) is 130 cm³/mol. The van der Waals surface area contributed by atoms with Crippen molar-refractivity contribution in [3.8, 4) is 16.9 Å². The fourth-order valence-corrected chi connectivity index (χ4v) is 4.02. The number of para-hydroxylation sites is 2. The van der Waals surface area contributed by atoms with Gasteiger partial charge in [-0.05, 0) is 43.2 Å². The van der Waals surface area contributed by atoms with Crippen molar-refractivity contribution in [3.63, 3.8) is 0 Å². The Kier molecular flexibility index (Phi) is 6.33. The van der Waals surface area contributed by atoms with Crippen LogP contribution in [0, 0.1) is 0 Å². The second-order valence-corrected chi connectivity index (χ2v) is 8.27. The molecule has 0 fully saturated rings. The SMILES string of the molecule is CC(C)n1nc(COc2ccccc2CC(=O)O)c2cc(-c3cccc(CN)c3N)ccc21. The maximum absolute atomic E-state index is 11.2. The van der Waals surface area contributed by atoms with Gasteiger partial charge in [0.25, 0.3) is 0 Å². The lowest BCUT2D eigenvalue weighted by Crippen LogP contribution is -2.06. The number of nitrogens with two attached hydrogens (primary N) is 2. The molecule has 33 heavy (non-hydrogen) atoms. The van der Waals surface area contributed by atoms with Gasteiger partial charge in [0, 0.05) is 34.8 Å². The van der Waals surface area contributed by atoms with Crippen LogP contribution in [0.25, 0.3) is 22.0 Å². The van der Waals surface area contributed by atoms with Crippen molar-refractivity contribution < 1.29 is 14.6 Å². The normalized spacial score (nSPS) is 11.3. The zero-order valence-corrected chi connectivity index (χ0v) is 18.8. The van der Waals surface area contributed by atoms with E-state index in [0.29, 0.717) is 23.5 Å². The van der Waals surface area contributed by atoms with Crippen LogP contribution in [0.2, 0.25) is 0 Å². The summed E-state index contributed by atoms with van der Waals surface area (Å²) in [6.45, 7) is 4.75. The molecule has 1 aromatic heterocycles. The van der Waals surface area contributed by atoms with Crippen LogP contribution in [0.1, 0.15) is 36.7 Å². The molecule has 0 saturated carbocycles. The summed E-state index contributed by atoms with van der Waals surface area (Å²) in [6.07, 6.45) is -0.0989. The van der Waals surface area contributed by atoms with Crippen LogP contribution in [0.4, 0.5) is 5.69 Å². The molecule has 4 rings (SSSR count). The first-order chi connectivity index (χ1) is 15.9. The van der Waals surface area contributed by atoms with Crippen LogP contribution < -0.4 is 16.2 Å². The molecular formula is C26H28N4O3. The van der Waals surface area contributed by atoms with Crippen molar-refractivity contribution in [1.29, 1.82) is 0 Å². The number of rotatable bonds is 8. The molecular weight excluding hydrogens is 416 g/mol. The average Bonchev–Trinajstić information content (AvgIpc) is 3.16. The maximum Gasteiger partial charge on any atom is 0.307 e. The zero-order chi connectivity index (χ0) is 23.5. The Balaban J connectivity index is 1.74. The van der Waals surface area contributed by atoms with Crippen LogP contribution in [0.5, 0.6) is 5.75 Å². The number of anilines is 1. The molecule has 0 atom stereocenters. The zero-order valence-electron chi connectivity index (χ0n) is 18.8. The van der Waals surface area contributed by atoms with Gasteiger partial charge in [-0.25, -0.2) is 0 Å². The van der Waals surface area contributed by atoms with E-state index in [0.717, 1.165) is 33.3 Å². The van der Waals surface area contributed by atoms with Crippen molar-refractivity contribution in [2.75, 3.05) is 5.73 Å². The molecule has 0 aliphatic carbocycles. The largest absolute Gasteiger partial charge is 0.487 e. The highest BCUT2D eigenvalue weighted by molar-refractivity contribution is 5.90. The van der Waals surface area contributed by atoms with E-state index in [2.05, 4.69) is 19.9 Å². The fourth-order valence-electron chi connectivity index (χ4n) is 4.02. The lowest BCUT2D eigenvalue weighted by atomic mass is 9.98. The summed E-state index contributed by atoms with van der Waals surface area (Å²) in [5, 5.41) is 15.0. The summed E-state index contributed by atoms with van der Waals surface area (Å²) in [5.41, 5.74) is 18.1. The number of aliphatic carboxylic acids is 1. The van der Waals surface area contributed by atoms with Crippen LogP contribution in [-0.4, -0.2) is 20.9 Å². The van der Waals surface area contributed by atoms with Crippen LogP contribution in [-0.2, 0) is 24.4 Å². The van der Waals surface area contributed by atoms with E-state index in [1.807, 2.05) is 41.1 Å². The standard InChI is InChI=1S/C26H28N4O3/c1-16(2)30-23-11-10-17(20-8-5-7-19(14-27)26(20)28)12-21(23)22(29-30)15-33-24-9-4-3-6-18(24)13-25(31)32/h3-12,16H,13-15,27-28H2,1-2H3,(H,31,32). The third kappa shape index (κ3) is 4.54. The Morgan fingerprint density at radius 3 is 2.58 bits per heavy atom. The van der Waals surface area contributed by atoms with E-state index < -0.39 is 5.97 Å². The summed E-state index contributed by atoms with van der Waals surface area (Å²) in [4.78, 5) is 11.2. The van der Waals surface area contributed by atoms with Crippen LogP contribution in [0.3, 0.4) is 0 Å². The van der Waals surface area contributed by atoms with Gasteiger partial charge < -0.3 is 21.3 Å². The minimum atomic E-state index is -0.900. The number of nitrogen functional groups attached to an aromatic ring is 1. The first-order valence-electron chi connectivity index (χ1n) is 10.9. The highest BCUT2D eigenvalue weighted by Crippen LogP contribution is 2.33. The van der Waals surface area contributed by atoms with E-state index >= 15 is 0 Å². The third-order valence-corrected chi connectivity index (χ3v) is 5.68. The number of benzene rings is 3. The van der Waals surface area contributed by atoms with Gasteiger partial charge in [-0.1, -0.05) is 42.5 Å². The third-order valence-electron chi connectivity index (χ3n) is 5.68. The molecule has 7 heteroatoms. The van der Waals surface area contributed by atoms with E-state index in [-0.39, 0.29) is 19.1 Å². The van der Waals surface area contributed by atoms with Crippen molar-refractivity contribution in [2.45, 2.75) is 39.5 Å². The smallest absolute Gasteiger partial charge is 0.307 e. The molecule has 4 aromatic rings. The van der Waals surface area contributed by atoms with Crippen molar-refractivity contribution in [3.05, 3.63) is 77.5 Å². The lowest BCUT2D eigenvalue weighted by molar-refractivity contribution is -0.136. The van der Waals surface area contributed by atoms with Gasteiger partial charge in [0.05, 0.1) is 11.9 Å². The van der Waals surface area contributed by atoms with Crippen LogP contribution >= 0.6 is 0 Å². The molecule has 7 nitrogen and oxygen atoms in total. The molecule has 0 bridgehead atoms. The molecule has 1 heterocycles. The molecule has 0 aliphatic rings. The quantitative estimate of drug-likeness (QED) is 0.344. The summed E-state index contributed by atoms with van der Waals surface area (Å²) in [5.74, 6) is -0.356. The second-order valence-electron chi connectivity index (χ2n) is 8.27. The second kappa shape index (κ2) is 9.34. The lowest BCUT2D eigenvalue weighted by Gasteiger charge is -2.11. The number of fused-ring (bicyclic) bond motifs is 1. The Morgan fingerprint density at radius 1 is 1.09 bits per heavy atom. The first-order valence-corrected chi connectivity index (χ1v) is 10.9. The minimum Gasteiger partial charge on any atom is -0.487 e. The summed E-state index contributed by atoms with van der Waals surface area (Å²) < 4.78 is 8.02. The number of hydrogen-bond donors (Lipinski definition) is 3. The van der Waals surface area contributed by atoms with E-state index in [1.54, 1.807) is 18.2 Å². The molecule has 0 amide bonds. The average molecular weight is 445 g/mol.